The molecule has 0 fully saturated rings. The second-order valence-corrected chi connectivity index (χ2v) is 9.95. The van der Waals surface area contributed by atoms with E-state index >= 15 is 0 Å². The Kier molecular flexibility index (Phi) is 3.11. The highest BCUT2D eigenvalue weighted by molar-refractivity contribution is 9.10. The van der Waals surface area contributed by atoms with Crippen molar-refractivity contribution in [1.29, 1.82) is 0 Å². The molecule has 0 radical (unpaired) electrons. The maximum Gasteiger partial charge on any atom is 0.194 e. The fourth-order valence-corrected chi connectivity index (χ4v) is 4.97. The zero-order valence-corrected chi connectivity index (χ0v) is 10.7. The molecule has 0 N–H and O–H groups in total. The third-order valence-corrected chi connectivity index (χ3v) is 4.84. The van der Waals surface area contributed by atoms with Crippen LogP contribution in [-0.4, -0.2) is 8.07 Å². The van der Waals surface area contributed by atoms with Gasteiger partial charge in [0.15, 0.2) is 17.5 Å². The number of benzene rings is 1. The average Bonchev–Trinajstić information content (AvgIpc) is 1.97. The van der Waals surface area contributed by atoms with Crippen LogP contribution in [0.25, 0.3) is 0 Å². The summed E-state index contributed by atoms with van der Waals surface area (Å²) in [6.45, 7) is 5.61. The van der Waals surface area contributed by atoms with Gasteiger partial charge in [0.05, 0.1) is 8.07 Å². The lowest BCUT2D eigenvalue weighted by atomic mass is 10.3. The quantitative estimate of drug-likeness (QED) is 0.421. The predicted molar refractivity (Wildman–Crippen MR) is 57.0 cm³/mol. The smallest absolute Gasteiger partial charge is 0.194 e. The lowest BCUT2D eigenvalue weighted by Crippen LogP contribution is -2.41. The van der Waals surface area contributed by atoms with Crippen molar-refractivity contribution in [2.45, 2.75) is 19.6 Å². The minimum Gasteiger partial charge on any atom is -0.204 e. The molecule has 0 aliphatic heterocycles. The van der Waals surface area contributed by atoms with E-state index in [9.17, 15) is 13.2 Å². The molecule has 78 valence electrons. The Morgan fingerprint density at radius 1 is 1.07 bits per heavy atom. The van der Waals surface area contributed by atoms with E-state index in [1.54, 1.807) is 0 Å². The molecule has 0 amide bonds. The topological polar surface area (TPSA) is 0 Å². The van der Waals surface area contributed by atoms with Crippen LogP contribution in [0, 0.1) is 17.5 Å². The van der Waals surface area contributed by atoms with Crippen LogP contribution in [-0.2, 0) is 0 Å². The van der Waals surface area contributed by atoms with Crippen LogP contribution in [0.15, 0.2) is 10.5 Å². The number of halogens is 4. The Morgan fingerprint density at radius 2 is 1.57 bits per heavy atom. The SMILES string of the molecule is C[Si](C)(C)c1c(Br)cc(F)c(F)c1F. The first-order valence-electron chi connectivity index (χ1n) is 4.08. The van der Waals surface area contributed by atoms with E-state index in [0.717, 1.165) is 6.07 Å². The highest BCUT2D eigenvalue weighted by atomic mass is 79.9. The Labute approximate surface area is 90.3 Å². The molecular weight excluding hydrogens is 273 g/mol. The highest BCUT2D eigenvalue weighted by Crippen LogP contribution is 2.20. The zero-order valence-electron chi connectivity index (χ0n) is 8.09. The molecule has 0 heterocycles. The lowest BCUT2D eigenvalue weighted by molar-refractivity contribution is 0.450. The third-order valence-electron chi connectivity index (χ3n) is 1.86. The van der Waals surface area contributed by atoms with Crippen molar-refractivity contribution in [3.05, 3.63) is 28.0 Å². The van der Waals surface area contributed by atoms with Crippen LogP contribution in [0.2, 0.25) is 19.6 Å². The molecule has 5 heteroatoms. The minimum absolute atomic E-state index is 0.288. The van der Waals surface area contributed by atoms with Gasteiger partial charge >= 0.3 is 0 Å². The zero-order chi connectivity index (χ0) is 11.1. The van der Waals surface area contributed by atoms with E-state index < -0.39 is 25.5 Å². The Bertz CT molecular complexity index is 371. The van der Waals surface area contributed by atoms with Crippen LogP contribution in [0.3, 0.4) is 0 Å². The molecule has 0 aromatic heterocycles. The summed E-state index contributed by atoms with van der Waals surface area (Å²) in [4.78, 5) is 0. The number of hydrogen-bond acceptors (Lipinski definition) is 0. The van der Waals surface area contributed by atoms with Crippen molar-refractivity contribution in [3.8, 4) is 0 Å². The lowest BCUT2D eigenvalue weighted by Gasteiger charge is -2.19. The van der Waals surface area contributed by atoms with Crippen LogP contribution in [0.4, 0.5) is 13.2 Å². The van der Waals surface area contributed by atoms with Gasteiger partial charge in [-0.15, -0.1) is 0 Å². The van der Waals surface area contributed by atoms with Crippen molar-refractivity contribution < 1.29 is 13.2 Å². The molecule has 0 nitrogen and oxygen atoms in total. The molecule has 0 aliphatic rings. The van der Waals surface area contributed by atoms with E-state index in [2.05, 4.69) is 15.9 Å². The molecule has 1 aromatic carbocycles. The summed E-state index contributed by atoms with van der Waals surface area (Å²) >= 11 is 3.06. The van der Waals surface area contributed by atoms with Crippen molar-refractivity contribution in [2.75, 3.05) is 0 Å². The summed E-state index contributed by atoms with van der Waals surface area (Å²) in [6.07, 6.45) is 0. The van der Waals surface area contributed by atoms with Crippen LogP contribution in [0.5, 0.6) is 0 Å². The third kappa shape index (κ3) is 2.03. The first-order chi connectivity index (χ1) is 6.25. The van der Waals surface area contributed by atoms with Gasteiger partial charge in [0.2, 0.25) is 0 Å². The number of hydrogen-bond donors (Lipinski definition) is 0. The molecule has 0 aliphatic carbocycles. The maximum atomic E-state index is 13.4. The average molecular weight is 283 g/mol. The summed E-state index contributed by atoms with van der Waals surface area (Å²) in [5.41, 5.74) is 0. The van der Waals surface area contributed by atoms with Crippen molar-refractivity contribution in [2.24, 2.45) is 0 Å². The molecule has 0 unspecified atom stereocenters. The van der Waals surface area contributed by atoms with Gasteiger partial charge in [-0.2, -0.15) is 0 Å². The first-order valence-corrected chi connectivity index (χ1v) is 8.38. The fraction of sp³-hybridized carbons (Fsp3) is 0.333. The second-order valence-electron chi connectivity index (χ2n) is 4.09. The van der Waals surface area contributed by atoms with Gasteiger partial charge in [-0.05, 0) is 11.3 Å². The van der Waals surface area contributed by atoms with E-state index in [4.69, 9.17) is 0 Å². The van der Waals surface area contributed by atoms with Crippen molar-refractivity contribution in [3.63, 3.8) is 0 Å². The second kappa shape index (κ2) is 3.70. The molecule has 0 saturated carbocycles. The predicted octanol–water partition coefficient (Wildman–Crippen LogP) is 3.41. The monoisotopic (exact) mass is 282 g/mol. The highest BCUT2D eigenvalue weighted by Gasteiger charge is 2.27. The molecule has 0 bridgehead atoms. The van der Waals surface area contributed by atoms with Gasteiger partial charge in [-0.25, -0.2) is 13.2 Å². The van der Waals surface area contributed by atoms with Gasteiger partial charge in [0, 0.05) is 4.47 Å². The molecule has 0 atom stereocenters. The molecule has 0 spiro atoms. The summed E-state index contributed by atoms with van der Waals surface area (Å²) in [5, 5.41) is 0.288. The van der Waals surface area contributed by atoms with Gasteiger partial charge in [-0.3, -0.25) is 0 Å². The molecule has 14 heavy (non-hydrogen) atoms. The van der Waals surface area contributed by atoms with Crippen molar-refractivity contribution >= 4 is 29.2 Å². The molecule has 1 aromatic rings. The van der Waals surface area contributed by atoms with Gasteiger partial charge in [-0.1, -0.05) is 35.6 Å². The van der Waals surface area contributed by atoms with E-state index in [1.807, 2.05) is 19.6 Å². The van der Waals surface area contributed by atoms with E-state index in [0.29, 0.717) is 4.47 Å². The number of rotatable bonds is 1. The van der Waals surface area contributed by atoms with Crippen molar-refractivity contribution in [1.82, 2.24) is 0 Å². The molecule has 0 saturated heterocycles. The van der Waals surface area contributed by atoms with Gasteiger partial charge in [0.1, 0.15) is 0 Å². The van der Waals surface area contributed by atoms with Crippen LogP contribution >= 0.6 is 15.9 Å². The van der Waals surface area contributed by atoms with Crippen LogP contribution in [0.1, 0.15) is 0 Å². The molecular formula is C9H10BrF3Si. The largest absolute Gasteiger partial charge is 0.204 e. The molecule has 1 rings (SSSR count). The summed E-state index contributed by atoms with van der Waals surface area (Å²) < 4.78 is 39.5. The Hall–Kier alpha value is -0.293. The normalized spacial score (nSPS) is 11.9. The standard InChI is InChI=1S/C9H10BrF3Si/c1-14(2,3)9-5(10)4-6(11)7(12)8(9)13/h4H,1-3H3. The van der Waals surface area contributed by atoms with Gasteiger partial charge in [0.25, 0.3) is 0 Å². The van der Waals surface area contributed by atoms with E-state index in [-0.39, 0.29) is 5.19 Å². The first kappa shape index (κ1) is 11.8. The minimum atomic E-state index is -2.01. The Morgan fingerprint density at radius 3 is 2.00 bits per heavy atom. The summed E-state index contributed by atoms with van der Waals surface area (Å²) in [7, 11) is -2.01. The van der Waals surface area contributed by atoms with Gasteiger partial charge < -0.3 is 0 Å². The van der Waals surface area contributed by atoms with E-state index in [1.165, 1.54) is 0 Å². The summed E-state index contributed by atoms with van der Waals surface area (Å²) in [5.74, 6) is -3.60. The Balaban J connectivity index is 3.53. The maximum absolute atomic E-state index is 13.4. The fourth-order valence-electron chi connectivity index (χ4n) is 1.25. The summed E-state index contributed by atoms with van der Waals surface area (Å²) in [6, 6.07) is 0.978. The van der Waals surface area contributed by atoms with Crippen LogP contribution < -0.4 is 5.19 Å².